The second kappa shape index (κ2) is 17.8. The molecule has 0 unspecified atom stereocenters. The molecule has 1 aromatic heterocycles. The highest BCUT2D eigenvalue weighted by molar-refractivity contribution is 5.18. The lowest BCUT2D eigenvalue weighted by Gasteiger charge is -2.25. The third kappa shape index (κ3) is 12.2. The molecule has 0 aromatic carbocycles. The van der Waals surface area contributed by atoms with Crippen LogP contribution in [0.15, 0.2) is 48.5 Å². The van der Waals surface area contributed by atoms with E-state index in [2.05, 4.69) is 52.3 Å². The molecule has 1 aromatic rings. The van der Waals surface area contributed by atoms with Crippen molar-refractivity contribution in [2.45, 2.75) is 135 Å². The van der Waals surface area contributed by atoms with Crippen molar-refractivity contribution < 1.29 is 4.57 Å². The highest BCUT2D eigenvalue weighted by atomic mass is 15.1. The van der Waals surface area contributed by atoms with Gasteiger partial charge in [-0.1, -0.05) is 95.1 Å². The zero-order chi connectivity index (χ0) is 23.5. The molecule has 3 rings (SSSR count). The van der Waals surface area contributed by atoms with Crippen LogP contribution in [0.3, 0.4) is 0 Å². The van der Waals surface area contributed by atoms with Crippen molar-refractivity contribution in [3.05, 3.63) is 54.0 Å². The minimum absolute atomic E-state index is 1.18. The zero-order valence-corrected chi connectivity index (χ0v) is 22.2. The zero-order valence-electron chi connectivity index (χ0n) is 22.2. The molecular weight excluding hydrogens is 412 g/mol. The third-order valence-electron chi connectivity index (χ3n) is 7.78. The van der Waals surface area contributed by atoms with Crippen LogP contribution in [-0.2, 0) is 13.0 Å². The van der Waals surface area contributed by atoms with Crippen LogP contribution >= 0.6 is 0 Å². The minimum Gasteiger partial charge on any atom is -0.373 e. The highest BCUT2D eigenvalue weighted by Gasteiger charge is 2.08. The van der Waals surface area contributed by atoms with E-state index in [0.29, 0.717) is 0 Å². The number of aryl methyl sites for hydroxylation is 2. The van der Waals surface area contributed by atoms with Crippen molar-refractivity contribution >= 4 is 0 Å². The van der Waals surface area contributed by atoms with Gasteiger partial charge < -0.3 is 4.90 Å². The van der Waals surface area contributed by atoms with E-state index in [4.69, 9.17) is 0 Å². The summed E-state index contributed by atoms with van der Waals surface area (Å²) in [5.74, 6) is 0. The van der Waals surface area contributed by atoms with E-state index < -0.39 is 0 Å². The Kier molecular flexibility index (Phi) is 14.2. The van der Waals surface area contributed by atoms with E-state index in [1.165, 1.54) is 154 Å². The van der Waals surface area contributed by atoms with Crippen LogP contribution in [0.2, 0.25) is 0 Å². The predicted octanol–water partition coefficient (Wildman–Crippen LogP) is 8.70. The normalized spacial score (nSPS) is 21.8. The molecule has 0 aliphatic carbocycles. The Hall–Kier alpha value is -1.57. The third-order valence-corrected chi connectivity index (χ3v) is 7.78. The summed E-state index contributed by atoms with van der Waals surface area (Å²) in [6.07, 6.45) is 39.5. The first-order valence-electron chi connectivity index (χ1n) is 15.0. The van der Waals surface area contributed by atoms with E-state index >= 15 is 0 Å². The highest BCUT2D eigenvalue weighted by Crippen LogP contribution is 2.18. The van der Waals surface area contributed by atoms with Crippen molar-refractivity contribution in [2.75, 3.05) is 13.1 Å². The topological polar surface area (TPSA) is 7.12 Å². The van der Waals surface area contributed by atoms with Crippen molar-refractivity contribution in [1.82, 2.24) is 4.90 Å². The number of fused-ring (bicyclic) bond motifs is 4. The van der Waals surface area contributed by atoms with Gasteiger partial charge in [0.25, 0.3) is 0 Å². The lowest BCUT2D eigenvalue weighted by molar-refractivity contribution is -0.697. The average molecular weight is 466 g/mol. The number of nitrogens with zero attached hydrogens (tertiary/aromatic N) is 2. The quantitative estimate of drug-likeness (QED) is 0.347. The second-order valence-electron chi connectivity index (χ2n) is 11.0. The van der Waals surface area contributed by atoms with Gasteiger partial charge in [0.15, 0.2) is 12.4 Å². The molecule has 3 heterocycles. The first-order chi connectivity index (χ1) is 16.9. The molecule has 0 atom stereocenters. The van der Waals surface area contributed by atoms with E-state index in [0.717, 1.165) is 0 Å². The Morgan fingerprint density at radius 3 is 1.91 bits per heavy atom. The summed E-state index contributed by atoms with van der Waals surface area (Å²) in [5.41, 5.74) is 3.18. The summed E-state index contributed by atoms with van der Waals surface area (Å²) >= 11 is 0. The van der Waals surface area contributed by atoms with Crippen LogP contribution in [0.1, 0.15) is 128 Å². The molecule has 2 aliphatic heterocycles. The van der Waals surface area contributed by atoms with Crippen LogP contribution in [0.4, 0.5) is 0 Å². The summed E-state index contributed by atoms with van der Waals surface area (Å²) < 4.78 is 2.43. The molecule has 4 bridgehead atoms. The van der Waals surface area contributed by atoms with Gasteiger partial charge in [-0.2, -0.15) is 0 Å². The molecule has 0 radical (unpaired) electrons. The summed E-state index contributed by atoms with van der Waals surface area (Å²) in [6.45, 7) is 3.61. The number of hydrogen-bond acceptors (Lipinski definition) is 1. The van der Waals surface area contributed by atoms with Gasteiger partial charge in [0, 0.05) is 31.1 Å². The maximum absolute atomic E-state index is 2.55. The van der Waals surface area contributed by atoms with E-state index in [1.54, 1.807) is 5.57 Å². The number of pyridine rings is 1. The van der Waals surface area contributed by atoms with Gasteiger partial charge in [-0.25, -0.2) is 4.57 Å². The van der Waals surface area contributed by atoms with Crippen molar-refractivity contribution in [3.8, 4) is 0 Å². The first kappa shape index (κ1) is 27.0. The molecule has 0 saturated carbocycles. The standard InChI is InChI=1S/C32H53N2/c1-2-5-9-13-17-25-33-27-20-24-32(30-33)22-16-12-8-4-6-10-14-18-26-34-28-19-23-31(29-34)21-15-11-7-3-1/h19-20,23-24,27-28,30H,1-18,21-22,25-26,29H2/q+1. The number of allylic oxidation sites excluding steroid dienone is 2. The first-order valence-corrected chi connectivity index (χ1v) is 15.0. The Morgan fingerprint density at radius 2 is 1.21 bits per heavy atom. The molecule has 0 spiro atoms. The van der Waals surface area contributed by atoms with Gasteiger partial charge in [-0.3, -0.25) is 0 Å². The fraction of sp³-hybridized carbons (Fsp3) is 0.719. The smallest absolute Gasteiger partial charge is 0.171 e. The van der Waals surface area contributed by atoms with Gasteiger partial charge >= 0.3 is 0 Å². The molecule has 0 saturated heterocycles. The predicted molar refractivity (Wildman–Crippen MR) is 147 cm³/mol. The van der Waals surface area contributed by atoms with E-state index in [1.807, 2.05) is 0 Å². The molecule has 2 heteroatoms. The number of hydrogen-bond donors (Lipinski definition) is 0. The van der Waals surface area contributed by atoms with Gasteiger partial charge in [0.1, 0.15) is 6.54 Å². The van der Waals surface area contributed by atoms with Gasteiger partial charge in [0.2, 0.25) is 0 Å². The fourth-order valence-electron chi connectivity index (χ4n) is 5.61. The van der Waals surface area contributed by atoms with Gasteiger partial charge in [0.05, 0.1) is 0 Å². The molecule has 2 nitrogen and oxygen atoms in total. The van der Waals surface area contributed by atoms with E-state index in [9.17, 15) is 0 Å². The van der Waals surface area contributed by atoms with Crippen LogP contribution in [0.25, 0.3) is 0 Å². The van der Waals surface area contributed by atoms with Crippen LogP contribution in [0, 0.1) is 0 Å². The fourth-order valence-corrected chi connectivity index (χ4v) is 5.61. The summed E-state index contributed by atoms with van der Waals surface area (Å²) in [4.78, 5) is 2.55. The number of aromatic nitrogens is 1. The lowest BCUT2D eigenvalue weighted by atomic mass is 10.0. The Morgan fingerprint density at radius 1 is 0.618 bits per heavy atom. The van der Waals surface area contributed by atoms with Crippen LogP contribution in [-0.4, -0.2) is 18.0 Å². The average Bonchev–Trinajstić information content (AvgIpc) is 2.86. The van der Waals surface area contributed by atoms with Crippen LogP contribution in [0.5, 0.6) is 0 Å². The van der Waals surface area contributed by atoms with E-state index in [-0.39, 0.29) is 0 Å². The Bertz CT molecular complexity index is 705. The SMILES string of the molecule is C1=CN2CCCCCCCCCCc3ccc[n+](c3)CCCCCCCCCCCCC(=C1)C2. The lowest BCUT2D eigenvalue weighted by Crippen LogP contribution is -2.33. The van der Waals surface area contributed by atoms with Crippen molar-refractivity contribution in [2.24, 2.45) is 0 Å². The molecule has 0 fully saturated rings. The van der Waals surface area contributed by atoms with Gasteiger partial charge in [-0.15, -0.1) is 0 Å². The molecule has 0 N–H and O–H groups in total. The summed E-state index contributed by atoms with van der Waals surface area (Å²) in [7, 11) is 0. The molecule has 190 valence electrons. The van der Waals surface area contributed by atoms with Gasteiger partial charge in [-0.05, 0) is 56.9 Å². The van der Waals surface area contributed by atoms with Crippen LogP contribution < -0.4 is 4.57 Å². The Balaban J connectivity index is 1.36. The molecular formula is C32H53N2+. The molecule has 0 amide bonds. The van der Waals surface area contributed by atoms with Crippen molar-refractivity contribution in [1.29, 1.82) is 0 Å². The Labute approximate surface area is 211 Å². The maximum atomic E-state index is 2.55. The van der Waals surface area contributed by atoms with Crippen molar-refractivity contribution in [3.63, 3.8) is 0 Å². The minimum atomic E-state index is 1.18. The number of rotatable bonds is 0. The monoisotopic (exact) mass is 465 g/mol. The molecule has 34 heavy (non-hydrogen) atoms. The molecule has 2 aliphatic rings. The summed E-state index contributed by atoms with van der Waals surface area (Å²) in [5, 5.41) is 0. The summed E-state index contributed by atoms with van der Waals surface area (Å²) in [6, 6.07) is 4.58. The second-order valence-corrected chi connectivity index (χ2v) is 11.0. The largest absolute Gasteiger partial charge is 0.373 e. The maximum Gasteiger partial charge on any atom is 0.171 e.